The third-order valence-corrected chi connectivity index (χ3v) is 5.02. The predicted octanol–water partition coefficient (Wildman–Crippen LogP) is 2.12. The van der Waals surface area contributed by atoms with Crippen LogP contribution < -0.4 is 10.0 Å². The summed E-state index contributed by atoms with van der Waals surface area (Å²) < 4.78 is 57.9. The fourth-order valence-corrected chi connectivity index (χ4v) is 3.13. The van der Waals surface area contributed by atoms with Gasteiger partial charge in [-0.3, -0.25) is 9.59 Å². The van der Waals surface area contributed by atoms with Crippen molar-refractivity contribution in [2.24, 2.45) is 0 Å². The molecule has 7 nitrogen and oxygen atoms in total. The van der Waals surface area contributed by atoms with Crippen LogP contribution >= 0.6 is 0 Å². The highest BCUT2D eigenvalue weighted by molar-refractivity contribution is 7.89. The molecule has 0 bridgehead atoms. The molecule has 150 valence electrons. The van der Waals surface area contributed by atoms with Crippen LogP contribution in [0, 0.1) is 18.6 Å². The first kappa shape index (κ1) is 21.5. The lowest BCUT2D eigenvalue weighted by Gasteiger charge is -2.09. The van der Waals surface area contributed by atoms with E-state index in [0.717, 1.165) is 23.8 Å². The smallest absolute Gasteiger partial charge is 0.307 e. The van der Waals surface area contributed by atoms with Crippen molar-refractivity contribution < 1.29 is 31.5 Å². The predicted molar refractivity (Wildman–Crippen MR) is 96.9 cm³/mol. The lowest BCUT2D eigenvalue weighted by molar-refractivity contribution is -0.147. The van der Waals surface area contributed by atoms with Gasteiger partial charge >= 0.3 is 5.97 Å². The largest absolute Gasteiger partial charge is 0.456 e. The zero-order valence-electron chi connectivity index (χ0n) is 14.9. The van der Waals surface area contributed by atoms with Crippen LogP contribution in [-0.2, 0) is 24.3 Å². The van der Waals surface area contributed by atoms with Gasteiger partial charge in [0.15, 0.2) is 6.61 Å². The Morgan fingerprint density at radius 2 is 1.64 bits per heavy atom. The van der Waals surface area contributed by atoms with Crippen LogP contribution in [0.25, 0.3) is 0 Å². The molecule has 28 heavy (non-hydrogen) atoms. The number of halogens is 2. The number of nitrogens with one attached hydrogen (secondary N) is 2. The standard InChI is InChI=1S/C18H18F2N2O5S/c1-12-5-7-13(8-6-12)28(25,26)21-10-9-17(24)27-11-16(23)22-18-14(19)3-2-4-15(18)20/h2-8,21H,9-11H2,1H3,(H,22,23). The quantitative estimate of drug-likeness (QED) is 0.647. The van der Waals surface area contributed by atoms with Crippen LogP contribution in [0.1, 0.15) is 12.0 Å². The molecule has 0 aromatic heterocycles. The van der Waals surface area contributed by atoms with Gasteiger partial charge in [0.05, 0.1) is 11.3 Å². The number of amides is 1. The minimum absolute atomic E-state index is 0.0535. The van der Waals surface area contributed by atoms with Crippen LogP contribution in [0.2, 0.25) is 0 Å². The van der Waals surface area contributed by atoms with Crippen LogP contribution in [0.3, 0.4) is 0 Å². The fraction of sp³-hybridized carbons (Fsp3) is 0.222. The van der Waals surface area contributed by atoms with E-state index in [0.29, 0.717) is 0 Å². The first-order valence-corrected chi connectivity index (χ1v) is 9.63. The van der Waals surface area contributed by atoms with Crippen molar-refractivity contribution in [3.63, 3.8) is 0 Å². The number of sulfonamides is 1. The molecular formula is C18H18F2N2O5S. The van der Waals surface area contributed by atoms with Crippen molar-refractivity contribution in [1.29, 1.82) is 0 Å². The van der Waals surface area contributed by atoms with E-state index >= 15 is 0 Å². The first-order valence-electron chi connectivity index (χ1n) is 8.15. The summed E-state index contributed by atoms with van der Waals surface area (Å²) in [5.41, 5.74) is 0.255. The van der Waals surface area contributed by atoms with Gasteiger partial charge in [-0.1, -0.05) is 23.8 Å². The van der Waals surface area contributed by atoms with E-state index in [1.165, 1.54) is 12.1 Å². The summed E-state index contributed by atoms with van der Waals surface area (Å²) in [5.74, 6) is -3.72. The number of esters is 1. The summed E-state index contributed by atoms with van der Waals surface area (Å²) in [6, 6.07) is 9.21. The normalized spacial score (nSPS) is 11.1. The van der Waals surface area contributed by atoms with Gasteiger partial charge in [0.2, 0.25) is 10.0 Å². The molecule has 2 rings (SSSR count). The van der Waals surface area contributed by atoms with Gasteiger partial charge in [0.1, 0.15) is 17.3 Å². The molecule has 0 fully saturated rings. The van der Waals surface area contributed by atoms with E-state index in [1.807, 2.05) is 12.2 Å². The van der Waals surface area contributed by atoms with Crippen LogP contribution in [0.15, 0.2) is 47.4 Å². The number of hydrogen-bond donors (Lipinski definition) is 2. The van der Waals surface area contributed by atoms with Gasteiger partial charge in [0, 0.05) is 6.54 Å². The van der Waals surface area contributed by atoms with Gasteiger partial charge in [-0.25, -0.2) is 21.9 Å². The highest BCUT2D eigenvalue weighted by Crippen LogP contribution is 2.17. The molecule has 2 aromatic rings. The summed E-state index contributed by atoms with van der Waals surface area (Å²) in [6.45, 7) is 0.812. The topological polar surface area (TPSA) is 102 Å². The van der Waals surface area contributed by atoms with E-state index in [-0.39, 0.29) is 17.9 Å². The third kappa shape index (κ3) is 6.10. The highest BCUT2D eigenvalue weighted by atomic mass is 32.2. The Bertz CT molecular complexity index is 942. The molecule has 0 aliphatic rings. The number of rotatable bonds is 8. The molecule has 0 unspecified atom stereocenters. The molecular weight excluding hydrogens is 394 g/mol. The lowest BCUT2D eigenvalue weighted by Crippen LogP contribution is -2.28. The highest BCUT2D eigenvalue weighted by Gasteiger charge is 2.16. The molecule has 2 N–H and O–H groups in total. The lowest BCUT2D eigenvalue weighted by atomic mass is 10.2. The summed E-state index contributed by atoms with van der Waals surface area (Å²) in [6.07, 6.45) is -0.327. The van der Waals surface area contributed by atoms with Gasteiger partial charge in [-0.2, -0.15) is 0 Å². The summed E-state index contributed by atoms with van der Waals surface area (Å²) >= 11 is 0. The maximum Gasteiger partial charge on any atom is 0.307 e. The van der Waals surface area contributed by atoms with Crippen molar-refractivity contribution in [3.8, 4) is 0 Å². The molecule has 0 heterocycles. The third-order valence-electron chi connectivity index (χ3n) is 3.54. The molecule has 0 saturated heterocycles. The number of carbonyl (C=O) groups is 2. The van der Waals surface area contributed by atoms with E-state index < -0.39 is 45.8 Å². The Balaban J connectivity index is 1.76. The number of hydrogen-bond acceptors (Lipinski definition) is 5. The second-order valence-electron chi connectivity index (χ2n) is 5.77. The average Bonchev–Trinajstić information content (AvgIpc) is 2.63. The Kier molecular flexibility index (Phi) is 7.18. The van der Waals surface area contributed by atoms with Crippen molar-refractivity contribution in [3.05, 3.63) is 59.7 Å². The Hall–Kier alpha value is -2.85. The average molecular weight is 412 g/mol. The van der Waals surface area contributed by atoms with Gasteiger partial charge < -0.3 is 10.1 Å². The molecule has 2 aromatic carbocycles. The van der Waals surface area contributed by atoms with Gasteiger partial charge in [0.25, 0.3) is 5.91 Å². The van der Waals surface area contributed by atoms with Crippen molar-refractivity contribution >= 4 is 27.6 Å². The molecule has 0 atom stereocenters. The maximum absolute atomic E-state index is 13.4. The van der Waals surface area contributed by atoms with Gasteiger partial charge in [-0.05, 0) is 31.2 Å². The number of para-hydroxylation sites is 1. The summed E-state index contributed by atoms with van der Waals surface area (Å²) in [4.78, 5) is 23.3. The van der Waals surface area contributed by atoms with Crippen molar-refractivity contribution in [2.75, 3.05) is 18.5 Å². The minimum atomic E-state index is -3.77. The molecule has 0 saturated carbocycles. The molecule has 0 aliphatic carbocycles. The van der Waals surface area contributed by atoms with Gasteiger partial charge in [-0.15, -0.1) is 0 Å². The number of benzene rings is 2. The summed E-state index contributed by atoms with van der Waals surface area (Å²) in [5, 5.41) is 1.96. The maximum atomic E-state index is 13.4. The second kappa shape index (κ2) is 9.38. The van der Waals surface area contributed by atoms with Crippen LogP contribution in [-0.4, -0.2) is 33.4 Å². The zero-order valence-corrected chi connectivity index (χ0v) is 15.7. The molecule has 0 radical (unpaired) electrons. The Morgan fingerprint density at radius 3 is 2.25 bits per heavy atom. The SMILES string of the molecule is Cc1ccc(S(=O)(=O)NCCC(=O)OCC(=O)Nc2c(F)cccc2F)cc1. The number of aryl methyl sites for hydroxylation is 1. The second-order valence-corrected chi connectivity index (χ2v) is 7.53. The van der Waals surface area contributed by atoms with Crippen molar-refractivity contribution in [2.45, 2.75) is 18.2 Å². The fourth-order valence-electron chi connectivity index (χ4n) is 2.10. The molecule has 0 aliphatic heterocycles. The number of ether oxygens (including phenoxy) is 1. The molecule has 10 heteroatoms. The van der Waals surface area contributed by atoms with E-state index in [1.54, 1.807) is 12.1 Å². The Morgan fingerprint density at radius 1 is 1.04 bits per heavy atom. The Labute approximate surface area is 160 Å². The number of anilines is 1. The monoisotopic (exact) mass is 412 g/mol. The van der Waals surface area contributed by atoms with Crippen molar-refractivity contribution in [1.82, 2.24) is 4.72 Å². The van der Waals surface area contributed by atoms with Crippen LogP contribution in [0.5, 0.6) is 0 Å². The van der Waals surface area contributed by atoms with Crippen LogP contribution in [0.4, 0.5) is 14.5 Å². The minimum Gasteiger partial charge on any atom is -0.456 e. The molecule has 1 amide bonds. The van der Waals surface area contributed by atoms with E-state index in [4.69, 9.17) is 0 Å². The number of carbonyl (C=O) groups excluding carboxylic acids is 2. The molecule has 0 spiro atoms. The summed E-state index contributed by atoms with van der Waals surface area (Å²) in [7, 11) is -3.77. The zero-order chi connectivity index (χ0) is 20.7. The van der Waals surface area contributed by atoms with E-state index in [9.17, 15) is 26.8 Å². The van der Waals surface area contributed by atoms with E-state index in [2.05, 4.69) is 9.46 Å². The first-order chi connectivity index (χ1) is 13.2.